The highest BCUT2D eigenvalue weighted by atomic mass is 16.2. The average Bonchev–Trinajstić information content (AvgIpc) is 2.46. The summed E-state index contributed by atoms with van der Waals surface area (Å²) in [4.78, 5) is 25.5. The Kier molecular flexibility index (Phi) is 7.06. The van der Waals surface area contributed by atoms with E-state index in [9.17, 15) is 9.59 Å². The van der Waals surface area contributed by atoms with Crippen LogP contribution < -0.4 is 10.6 Å². The van der Waals surface area contributed by atoms with E-state index in [1.54, 1.807) is 29.2 Å². The predicted molar refractivity (Wildman–Crippen MR) is 85.2 cm³/mol. The lowest BCUT2D eigenvalue weighted by molar-refractivity contribution is -0.123. The molecule has 0 radical (unpaired) electrons. The molecule has 0 aromatic heterocycles. The maximum atomic E-state index is 12.0. The van der Waals surface area contributed by atoms with Gasteiger partial charge in [0.05, 0.1) is 24.7 Å². The topological polar surface area (TPSA) is 85.2 Å². The van der Waals surface area contributed by atoms with Gasteiger partial charge >= 0.3 is 0 Å². The number of nitriles is 1. The fraction of sp³-hybridized carbons (Fsp3) is 0.438. The Morgan fingerprint density at radius 3 is 2.27 bits per heavy atom. The van der Waals surface area contributed by atoms with Gasteiger partial charge in [-0.1, -0.05) is 6.92 Å². The van der Waals surface area contributed by atoms with Gasteiger partial charge in [0.15, 0.2) is 0 Å². The van der Waals surface area contributed by atoms with E-state index in [-0.39, 0.29) is 30.9 Å². The fourth-order valence-corrected chi connectivity index (χ4v) is 1.88. The van der Waals surface area contributed by atoms with E-state index in [4.69, 9.17) is 5.26 Å². The van der Waals surface area contributed by atoms with Crippen LogP contribution in [0.1, 0.15) is 26.3 Å². The van der Waals surface area contributed by atoms with E-state index >= 15 is 0 Å². The van der Waals surface area contributed by atoms with Crippen LogP contribution in [0, 0.1) is 11.3 Å². The molecule has 0 atom stereocenters. The molecule has 1 aromatic rings. The molecule has 6 heteroatoms. The molecule has 0 aliphatic carbocycles. The lowest BCUT2D eigenvalue weighted by Gasteiger charge is -2.20. The van der Waals surface area contributed by atoms with Crippen LogP contribution in [-0.4, -0.2) is 42.4 Å². The lowest BCUT2D eigenvalue weighted by Crippen LogP contribution is -2.42. The molecule has 118 valence electrons. The van der Waals surface area contributed by atoms with Crippen LogP contribution >= 0.6 is 0 Å². The van der Waals surface area contributed by atoms with E-state index < -0.39 is 0 Å². The Morgan fingerprint density at radius 2 is 1.77 bits per heavy atom. The number of benzene rings is 1. The number of likely N-dealkylation sites (N-methyl/N-ethyl adjacent to an activating group) is 1. The van der Waals surface area contributed by atoms with Crippen molar-refractivity contribution in [1.29, 1.82) is 5.26 Å². The number of nitrogens with one attached hydrogen (secondary N) is 2. The standard InChI is InChI=1S/C16H22N4O2/c1-4-20(10-15(21)18-12(2)3)11-16(22)19-14-7-5-13(9-17)6-8-14/h5-8,12H,4,10-11H2,1-3H3,(H,18,21)(H,19,22). The largest absolute Gasteiger partial charge is 0.353 e. The van der Waals surface area contributed by atoms with Crippen LogP contribution in [0.2, 0.25) is 0 Å². The summed E-state index contributed by atoms with van der Waals surface area (Å²) in [6.07, 6.45) is 0. The minimum atomic E-state index is -0.191. The fourth-order valence-electron chi connectivity index (χ4n) is 1.88. The molecule has 6 nitrogen and oxygen atoms in total. The predicted octanol–water partition coefficient (Wildman–Crippen LogP) is 1.34. The van der Waals surface area contributed by atoms with E-state index in [0.29, 0.717) is 17.8 Å². The van der Waals surface area contributed by atoms with Crippen LogP contribution in [0.5, 0.6) is 0 Å². The zero-order valence-corrected chi connectivity index (χ0v) is 13.2. The summed E-state index contributed by atoms with van der Waals surface area (Å²) in [7, 11) is 0. The molecule has 2 N–H and O–H groups in total. The molecule has 0 saturated heterocycles. The van der Waals surface area contributed by atoms with Crippen molar-refractivity contribution >= 4 is 17.5 Å². The summed E-state index contributed by atoms with van der Waals surface area (Å²) >= 11 is 0. The molecular formula is C16H22N4O2. The van der Waals surface area contributed by atoms with Gasteiger partial charge in [-0.15, -0.1) is 0 Å². The maximum Gasteiger partial charge on any atom is 0.238 e. The van der Waals surface area contributed by atoms with E-state index in [1.165, 1.54) is 0 Å². The molecule has 0 fully saturated rings. The number of anilines is 1. The average molecular weight is 302 g/mol. The Hall–Kier alpha value is -2.39. The quantitative estimate of drug-likeness (QED) is 0.796. The van der Waals surface area contributed by atoms with Crippen LogP contribution in [-0.2, 0) is 9.59 Å². The Morgan fingerprint density at radius 1 is 1.18 bits per heavy atom. The molecule has 0 heterocycles. The van der Waals surface area contributed by atoms with Crippen molar-refractivity contribution < 1.29 is 9.59 Å². The van der Waals surface area contributed by atoms with Gasteiger partial charge < -0.3 is 10.6 Å². The monoisotopic (exact) mass is 302 g/mol. The lowest BCUT2D eigenvalue weighted by atomic mass is 10.2. The van der Waals surface area contributed by atoms with E-state index in [1.807, 2.05) is 26.8 Å². The highest BCUT2D eigenvalue weighted by molar-refractivity contribution is 5.92. The number of nitrogens with zero attached hydrogens (tertiary/aromatic N) is 2. The molecule has 22 heavy (non-hydrogen) atoms. The number of carbonyl (C=O) groups is 2. The molecule has 1 rings (SSSR count). The first kappa shape index (κ1) is 17.7. The third kappa shape index (κ3) is 6.37. The highest BCUT2D eigenvalue weighted by Crippen LogP contribution is 2.08. The van der Waals surface area contributed by atoms with Crippen molar-refractivity contribution in [3.63, 3.8) is 0 Å². The third-order valence-corrected chi connectivity index (χ3v) is 2.93. The smallest absolute Gasteiger partial charge is 0.238 e. The summed E-state index contributed by atoms with van der Waals surface area (Å²) < 4.78 is 0. The van der Waals surface area contributed by atoms with Crippen molar-refractivity contribution in [2.75, 3.05) is 25.0 Å². The molecule has 0 aliphatic rings. The number of carbonyl (C=O) groups excluding carboxylic acids is 2. The van der Waals surface area contributed by atoms with E-state index in [0.717, 1.165) is 0 Å². The van der Waals surface area contributed by atoms with Gasteiger partial charge in [0.25, 0.3) is 0 Å². The van der Waals surface area contributed by atoms with Gasteiger partial charge in [-0.3, -0.25) is 14.5 Å². The number of hydrogen-bond donors (Lipinski definition) is 2. The third-order valence-electron chi connectivity index (χ3n) is 2.93. The summed E-state index contributed by atoms with van der Waals surface area (Å²) in [6, 6.07) is 8.74. The molecule has 0 aliphatic heterocycles. The molecule has 0 bridgehead atoms. The first-order valence-electron chi connectivity index (χ1n) is 7.26. The summed E-state index contributed by atoms with van der Waals surface area (Å²) in [5.74, 6) is -0.285. The molecular weight excluding hydrogens is 280 g/mol. The van der Waals surface area contributed by atoms with Crippen molar-refractivity contribution in [2.24, 2.45) is 0 Å². The van der Waals surface area contributed by atoms with Crippen molar-refractivity contribution in [3.8, 4) is 6.07 Å². The van der Waals surface area contributed by atoms with Gasteiger partial charge in [0, 0.05) is 11.7 Å². The molecule has 2 amide bonds. The Labute approximate surface area is 131 Å². The second kappa shape index (κ2) is 8.80. The summed E-state index contributed by atoms with van der Waals surface area (Å²) in [6.45, 7) is 6.62. The number of amides is 2. The minimum absolute atomic E-state index is 0.0821. The van der Waals surface area contributed by atoms with Crippen LogP contribution in [0.4, 0.5) is 5.69 Å². The van der Waals surface area contributed by atoms with Crippen molar-refractivity contribution in [2.45, 2.75) is 26.8 Å². The maximum absolute atomic E-state index is 12.0. The molecule has 0 unspecified atom stereocenters. The van der Waals surface area contributed by atoms with Crippen molar-refractivity contribution in [3.05, 3.63) is 29.8 Å². The summed E-state index contributed by atoms with van der Waals surface area (Å²) in [5, 5.41) is 14.3. The summed E-state index contributed by atoms with van der Waals surface area (Å²) in [5.41, 5.74) is 1.17. The molecule has 1 aromatic carbocycles. The Balaban J connectivity index is 2.50. The second-order valence-corrected chi connectivity index (χ2v) is 5.26. The minimum Gasteiger partial charge on any atom is -0.353 e. The van der Waals surface area contributed by atoms with Crippen LogP contribution in [0.25, 0.3) is 0 Å². The van der Waals surface area contributed by atoms with Gasteiger partial charge in [0.1, 0.15) is 0 Å². The first-order valence-corrected chi connectivity index (χ1v) is 7.26. The molecule has 0 spiro atoms. The van der Waals surface area contributed by atoms with Gasteiger partial charge in [-0.25, -0.2) is 0 Å². The zero-order valence-electron chi connectivity index (χ0n) is 13.2. The van der Waals surface area contributed by atoms with E-state index in [2.05, 4.69) is 10.6 Å². The zero-order chi connectivity index (χ0) is 16.5. The molecule has 0 saturated carbocycles. The normalized spacial score (nSPS) is 10.4. The van der Waals surface area contributed by atoms with Gasteiger partial charge in [-0.2, -0.15) is 5.26 Å². The van der Waals surface area contributed by atoms with Gasteiger partial charge in [0.2, 0.25) is 11.8 Å². The SMILES string of the molecule is CCN(CC(=O)Nc1ccc(C#N)cc1)CC(=O)NC(C)C. The number of rotatable bonds is 7. The highest BCUT2D eigenvalue weighted by Gasteiger charge is 2.13. The van der Waals surface area contributed by atoms with Crippen LogP contribution in [0.15, 0.2) is 24.3 Å². The Bertz CT molecular complexity index is 546. The van der Waals surface area contributed by atoms with Crippen LogP contribution in [0.3, 0.4) is 0 Å². The van der Waals surface area contributed by atoms with Gasteiger partial charge in [-0.05, 0) is 44.7 Å². The second-order valence-electron chi connectivity index (χ2n) is 5.26. The van der Waals surface area contributed by atoms with Crippen molar-refractivity contribution in [1.82, 2.24) is 10.2 Å². The first-order chi connectivity index (χ1) is 10.4. The number of hydrogen-bond acceptors (Lipinski definition) is 4.